The van der Waals surface area contributed by atoms with Gasteiger partial charge in [-0.2, -0.15) is 0 Å². The molecule has 7 nitrogen and oxygen atoms in total. The number of ether oxygens (including phenoxy) is 1. The molecule has 0 fully saturated rings. The van der Waals surface area contributed by atoms with E-state index in [2.05, 4.69) is 9.72 Å². The van der Waals surface area contributed by atoms with Crippen molar-refractivity contribution < 1.29 is 32.7 Å². The number of hydrogen-bond acceptors (Lipinski definition) is 5. The van der Waals surface area contributed by atoms with Crippen molar-refractivity contribution in [2.75, 3.05) is 0 Å². The third-order valence-electron chi connectivity index (χ3n) is 2.86. The topological polar surface area (TPSA) is 103 Å². The second-order valence-electron chi connectivity index (χ2n) is 4.59. The Labute approximate surface area is 132 Å². The molecule has 0 aliphatic heterocycles. The number of carboxylic acid groups (broad SMARTS) is 1. The van der Waals surface area contributed by atoms with Crippen molar-refractivity contribution in [2.45, 2.75) is 12.8 Å². The Balaban J connectivity index is 2.42. The molecule has 0 amide bonds. The first-order valence-corrected chi connectivity index (χ1v) is 6.37. The molecule has 1 N–H and O–H groups in total. The van der Waals surface area contributed by atoms with Gasteiger partial charge in [-0.05, 0) is 17.7 Å². The van der Waals surface area contributed by atoms with Crippen molar-refractivity contribution in [1.82, 2.24) is 4.98 Å². The standard InChI is InChI=1S/C14H9F3N2O5/c15-14(16,17)24-10-3-1-2-8(4-10)9-5-12(19(22)23)11(18-7-9)6-13(20)21/h1-5,7H,6H2,(H,20,21). The van der Waals surface area contributed by atoms with Crippen molar-refractivity contribution in [3.05, 3.63) is 52.3 Å². The predicted octanol–water partition coefficient (Wildman–Crippen LogP) is 3.18. The summed E-state index contributed by atoms with van der Waals surface area (Å²) in [5, 5.41) is 19.8. The number of carbonyl (C=O) groups is 1. The van der Waals surface area contributed by atoms with Gasteiger partial charge in [-0.3, -0.25) is 19.9 Å². The van der Waals surface area contributed by atoms with Gasteiger partial charge in [0.15, 0.2) is 0 Å². The highest BCUT2D eigenvalue weighted by atomic mass is 19.4. The number of benzene rings is 1. The first kappa shape index (κ1) is 17.2. The van der Waals surface area contributed by atoms with Crippen molar-refractivity contribution in [3.63, 3.8) is 0 Å². The van der Waals surface area contributed by atoms with Crippen LogP contribution < -0.4 is 4.74 Å². The maximum absolute atomic E-state index is 12.2. The lowest BCUT2D eigenvalue weighted by Gasteiger charge is -2.10. The number of carboxylic acids is 1. The van der Waals surface area contributed by atoms with Gasteiger partial charge in [0, 0.05) is 17.8 Å². The number of halogens is 3. The number of hydrogen-bond donors (Lipinski definition) is 1. The molecule has 2 rings (SSSR count). The van der Waals surface area contributed by atoms with Gasteiger partial charge in [0.2, 0.25) is 0 Å². The summed E-state index contributed by atoms with van der Waals surface area (Å²) in [5.74, 6) is -1.78. The van der Waals surface area contributed by atoms with Crippen LogP contribution in [0, 0.1) is 10.1 Å². The first-order valence-electron chi connectivity index (χ1n) is 6.37. The summed E-state index contributed by atoms with van der Waals surface area (Å²) in [7, 11) is 0. The van der Waals surface area contributed by atoms with Crippen LogP contribution in [0.5, 0.6) is 5.75 Å². The summed E-state index contributed by atoms with van der Waals surface area (Å²) in [6.45, 7) is 0. The van der Waals surface area contributed by atoms with Gasteiger partial charge < -0.3 is 9.84 Å². The molecular weight excluding hydrogens is 333 g/mol. The minimum absolute atomic E-state index is 0.156. The molecule has 0 saturated carbocycles. The van der Waals surface area contributed by atoms with E-state index < -0.39 is 35.1 Å². The summed E-state index contributed by atoms with van der Waals surface area (Å²) in [6.07, 6.45) is -4.36. The van der Waals surface area contributed by atoms with Crippen molar-refractivity contribution >= 4 is 11.7 Å². The maximum atomic E-state index is 12.2. The highest BCUT2D eigenvalue weighted by molar-refractivity contribution is 5.73. The lowest BCUT2D eigenvalue weighted by atomic mass is 10.1. The molecule has 0 spiro atoms. The van der Waals surface area contributed by atoms with Crippen LogP contribution in [0.25, 0.3) is 11.1 Å². The third-order valence-corrected chi connectivity index (χ3v) is 2.86. The van der Waals surface area contributed by atoms with E-state index in [1.54, 1.807) is 0 Å². The lowest BCUT2D eigenvalue weighted by molar-refractivity contribution is -0.385. The molecule has 0 atom stereocenters. The summed E-state index contributed by atoms with van der Waals surface area (Å²) in [6, 6.07) is 5.88. The van der Waals surface area contributed by atoms with Crippen LogP contribution in [0.1, 0.15) is 5.69 Å². The Morgan fingerprint density at radius 2 is 2.00 bits per heavy atom. The Morgan fingerprint density at radius 3 is 2.58 bits per heavy atom. The average molecular weight is 342 g/mol. The molecule has 2 aromatic rings. The highest BCUT2D eigenvalue weighted by Gasteiger charge is 2.31. The maximum Gasteiger partial charge on any atom is 0.573 e. The molecule has 1 aromatic heterocycles. The predicted molar refractivity (Wildman–Crippen MR) is 74.4 cm³/mol. The van der Waals surface area contributed by atoms with E-state index in [1.165, 1.54) is 12.1 Å². The van der Waals surface area contributed by atoms with E-state index in [0.29, 0.717) is 0 Å². The fraction of sp³-hybridized carbons (Fsp3) is 0.143. The average Bonchev–Trinajstić information content (AvgIpc) is 2.45. The second-order valence-corrected chi connectivity index (χ2v) is 4.59. The molecule has 10 heteroatoms. The summed E-state index contributed by atoms with van der Waals surface area (Å²) in [4.78, 5) is 24.7. The van der Waals surface area contributed by atoms with E-state index in [-0.39, 0.29) is 16.8 Å². The molecule has 24 heavy (non-hydrogen) atoms. The zero-order valence-corrected chi connectivity index (χ0v) is 11.8. The third kappa shape index (κ3) is 4.41. The smallest absolute Gasteiger partial charge is 0.481 e. The van der Waals surface area contributed by atoms with Crippen LogP contribution in [0.15, 0.2) is 36.5 Å². The Kier molecular flexibility index (Phi) is 4.67. The van der Waals surface area contributed by atoms with E-state index >= 15 is 0 Å². The first-order chi connectivity index (χ1) is 11.2. The fourth-order valence-corrected chi connectivity index (χ4v) is 1.95. The Hall–Kier alpha value is -3.17. The number of nitro groups is 1. The number of aromatic nitrogens is 1. The molecule has 0 aliphatic rings. The Morgan fingerprint density at radius 1 is 1.29 bits per heavy atom. The molecule has 0 saturated heterocycles. The van der Waals surface area contributed by atoms with E-state index in [1.807, 2.05) is 0 Å². The number of nitrogens with zero attached hydrogens (tertiary/aromatic N) is 2. The number of aliphatic carboxylic acids is 1. The molecule has 126 valence electrons. The fourth-order valence-electron chi connectivity index (χ4n) is 1.95. The quantitative estimate of drug-likeness (QED) is 0.661. The van der Waals surface area contributed by atoms with Crippen LogP contribution in [0.2, 0.25) is 0 Å². The zero-order chi connectivity index (χ0) is 17.9. The van der Waals surface area contributed by atoms with Gasteiger partial charge in [-0.15, -0.1) is 13.2 Å². The van der Waals surface area contributed by atoms with Crippen molar-refractivity contribution in [2.24, 2.45) is 0 Å². The van der Waals surface area contributed by atoms with Crippen molar-refractivity contribution in [3.8, 4) is 16.9 Å². The second kappa shape index (κ2) is 6.52. The van der Waals surface area contributed by atoms with Crippen LogP contribution in [0.4, 0.5) is 18.9 Å². The lowest BCUT2D eigenvalue weighted by Crippen LogP contribution is -2.17. The summed E-state index contributed by atoms with van der Waals surface area (Å²) >= 11 is 0. The van der Waals surface area contributed by atoms with E-state index in [4.69, 9.17) is 5.11 Å². The van der Waals surface area contributed by atoms with E-state index in [0.717, 1.165) is 24.4 Å². The molecule has 0 bridgehead atoms. The van der Waals surface area contributed by atoms with Gasteiger partial charge >= 0.3 is 12.3 Å². The van der Waals surface area contributed by atoms with Crippen LogP contribution >= 0.6 is 0 Å². The molecular formula is C14H9F3N2O5. The Bertz CT molecular complexity index is 792. The SMILES string of the molecule is O=C(O)Cc1ncc(-c2cccc(OC(F)(F)F)c2)cc1[N+](=O)[O-]. The van der Waals surface area contributed by atoms with Gasteiger partial charge in [0.25, 0.3) is 5.69 Å². The largest absolute Gasteiger partial charge is 0.573 e. The summed E-state index contributed by atoms with van der Waals surface area (Å²) < 4.78 is 40.5. The minimum Gasteiger partial charge on any atom is -0.481 e. The molecule has 0 aliphatic carbocycles. The van der Waals surface area contributed by atoms with Gasteiger partial charge in [0.05, 0.1) is 11.3 Å². The number of alkyl halides is 3. The molecule has 1 heterocycles. The van der Waals surface area contributed by atoms with Crippen LogP contribution in [-0.4, -0.2) is 27.3 Å². The molecule has 1 aromatic carbocycles. The van der Waals surface area contributed by atoms with E-state index in [9.17, 15) is 28.1 Å². The molecule has 0 radical (unpaired) electrons. The highest BCUT2D eigenvalue weighted by Crippen LogP contribution is 2.30. The normalized spacial score (nSPS) is 11.1. The zero-order valence-electron chi connectivity index (χ0n) is 11.8. The summed E-state index contributed by atoms with van der Waals surface area (Å²) in [5.41, 5.74) is -0.423. The molecule has 0 unspecified atom stereocenters. The van der Waals surface area contributed by atoms with Gasteiger partial charge in [-0.1, -0.05) is 12.1 Å². The van der Waals surface area contributed by atoms with Gasteiger partial charge in [-0.25, -0.2) is 0 Å². The number of pyridine rings is 1. The van der Waals surface area contributed by atoms with Crippen molar-refractivity contribution in [1.29, 1.82) is 0 Å². The van der Waals surface area contributed by atoms with Crippen LogP contribution in [-0.2, 0) is 11.2 Å². The van der Waals surface area contributed by atoms with Gasteiger partial charge in [0.1, 0.15) is 11.4 Å². The minimum atomic E-state index is -4.87. The van der Waals surface area contributed by atoms with Crippen LogP contribution in [0.3, 0.4) is 0 Å². The monoisotopic (exact) mass is 342 g/mol. The number of rotatable bonds is 5.